The van der Waals surface area contributed by atoms with E-state index < -0.39 is 0 Å². The Morgan fingerprint density at radius 3 is 2.43 bits per heavy atom. The van der Waals surface area contributed by atoms with Crippen LogP contribution in [0.1, 0.15) is 0 Å². The van der Waals surface area contributed by atoms with Gasteiger partial charge in [0.2, 0.25) is 5.95 Å². The van der Waals surface area contributed by atoms with Crippen molar-refractivity contribution in [1.29, 1.82) is 0 Å². The summed E-state index contributed by atoms with van der Waals surface area (Å²) in [6.45, 7) is 2.96. The first kappa shape index (κ1) is 15.6. The van der Waals surface area contributed by atoms with Crippen LogP contribution in [0.3, 0.4) is 0 Å². The van der Waals surface area contributed by atoms with E-state index in [2.05, 4.69) is 19.8 Å². The van der Waals surface area contributed by atoms with Crippen molar-refractivity contribution in [3.63, 3.8) is 0 Å². The maximum Gasteiger partial charge on any atom is 0.223 e. The standard InChI is InChI=1S/C15H17ClFN5O/c1-23-12-3-2-10(8-11(12)17)21-4-6-22(7-5-21)14-9-13(16)19-15(18)20-14/h2-3,8-9H,4-7H2,1H3,(H2,18,19,20). The Balaban J connectivity index is 1.69. The first-order valence-electron chi connectivity index (χ1n) is 7.20. The Morgan fingerprint density at radius 1 is 1.13 bits per heavy atom. The van der Waals surface area contributed by atoms with Crippen LogP contribution in [0.5, 0.6) is 5.75 Å². The number of hydrogen-bond acceptors (Lipinski definition) is 6. The van der Waals surface area contributed by atoms with Crippen LogP contribution in [0.2, 0.25) is 5.15 Å². The summed E-state index contributed by atoms with van der Waals surface area (Å²) in [6, 6.07) is 6.69. The van der Waals surface area contributed by atoms with Crippen LogP contribution in [0.4, 0.5) is 21.8 Å². The van der Waals surface area contributed by atoms with E-state index in [0.717, 1.165) is 31.9 Å². The number of halogens is 2. The highest BCUT2D eigenvalue weighted by atomic mass is 35.5. The maximum absolute atomic E-state index is 13.8. The van der Waals surface area contributed by atoms with Gasteiger partial charge in [-0.05, 0) is 12.1 Å². The van der Waals surface area contributed by atoms with E-state index >= 15 is 0 Å². The van der Waals surface area contributed by atoms with Crippen LogP contribution in [0.25, 0.3) is 0 Å². The number of aromatic nitrogens is 2. The topological polar surface area (TPSA) is 67.5 Å². The zero-order valence-corrected chi connectivity index (χ0v) is 13.4. The van der Waals surface area contributed by atoms with E-state index in [0.29, 0.717) is 11.0 Å². The van der Waals surface area contributed by atoms with E-state index in [1.165, 1.54) is 13.2 Å². The van der Waals surface area contributed by atoms with Crippen LogP contribution in [-0.4, -0.2) is 43.3 Å². The normalized spacial score (nSPS) is 14.9. The Bertz CT molecular complexity index is 686. The van der Waals surface area contributed by atoms with E-state index in [-0.39, 0.29) is 17.5 Å². The minimum Gasteiger partial charge on any atom is -0.494 e. The molecule has 6 nitrogen and oxygen atoms in total. The molecule has 0 spiro atoms. The fourth-order valence-electron chi connectivity index (χ4n) is 2.63. The molecular weight excluding hydrogens is 321 g/mol. The lowest BCUT2D eigenvalue weighted by molar-refractivity contribution is 0.386. The molecule has 122 valence electrons. The van der Waals surface area contributed by atoms with Gasteiger partial charge in [0, 0.05) is 44.0 Å². The van der Waals surface area contributed by atoms with Gasteiger partial charge in [-0.15, -0.1) is 0 Å². The third-order valence-corrected chi connectivity index (χ3v) is 4.00. The number of nitrogens with two attached hydrogens (primary N) is 1. The van der Waals surface area contributed by atoms with E-state index in [1.807, 2.05) is 6.07 Å². The first-order chi connectivity index (χ1) is 11.1. The average molecular weight is 338 g/mol. The molecule has 1 aliphatic rings. The number of hydrogen-bond donors (Lipinski definition) is 1. The van der Waals surface area contributed by atoms with E-state index in [4.69, 9.17) is 22.1 Å². The SMILES string of the molecule is COc1ccc(N2CCN(c3cc(Cl)nc(N)n3)CC2)cc1F. The number of methoxy groups -OCH3 is 1. The number of ether oxygens (including phenoxy) is 1. The van der Waals surface area contributed by atoms with Crippen LogP contribution < -0.4 is 20.3 Å². The highest BCUT2D eigenvalue weighted by molar-refractivity contribution is 6.29. The lowest BCUT2D eigenvalue weighted by Crippen LogP contribution is -2.47. The van der Waals surface area contributed by atoms with Gasteiger partial charge in [-0.2, -0.15) is 4.98 Å². The number of anilines is 3. The molecule has 1 aromatic heterocycles. The smallest absolute Gasteiger partial charge is 0.223 e. The maximum atomic E-state index is 13.8. The molecule has 0 bridgehead atoms. The summed E-state index contributed by atoms with van der Waals surface area (Å²) in [5.74, 6) is 0.761. The fourth-order valence-corrected chi connectivity index (χ4v) is 2.81. The number of rotatable bonds is 3. The first-order valence-corrected chi connectivity index (χ1v) is 7.58. The molecule has 1 fully saturated rings. The minimum absolute atomic E-state index is 0.159. The molecular formula is C15H17ClFN5O. The molecule has 0 unspecified atom stereocenters. The zero-order chi connectivity index (χ0) is 16.4. The van der Waals surface area contributed by atoms with Gasteiger partial charge in [-0.25, -0.2) is 9.37 Å². The molecule has 1 aliphatic heterocycles. The van der Waals surface area contributed by atoms with Gasteiger partial charge in [0.05, 0.1) is 7.11 Å². The molecule has 23 heavy (non-hydrogen) atoms. The van der Waals surface area contributed by atoms with Gasteiger partial charge < -0.3 is 20.3 Å². The lowest BCUT2D eigenvalue weighted by Gasteiger charge is -2.36. The summed E-state index contributed by atoms with van der Waals surface area (Å²) >= 11 is 5.92. The van der Waals surface area contributed by atoms with Crippen molar-refractivity contribution in [1.82, 2.24) is 9.97 Å². The second kappa shape index (κ2) is 6.45. The highest BCUT2D eigenvalue weighted by Gasteiger charge is 2.20. The Labute approximate surface area is 138 Å². The summed E-state index contributed by atoms with van der Waals surface area (Å²) in [5, 5.41) is 0.326. The number of nitrogen functional groups attached to an aromatic ring is 1. The molecule has 0 aliphatic carbocycles. The second-order valence-corrected chi connectivity index (χ2v) is 5.59. The van der Waals surface area contributed by atoms with Crippen molar-refractivity contribution in [2.45, 2.75) is 0 Å². The van der Waals surface area contributed by atoms with Gasteiger partial charge in [-0.3, -0.25) is 0 Å². The molecule has 0 atom stereocenters. The molecule has 8 heteroatoms. The van der Waals surface area contributed by atoms with Crippen LogP contribution in [0, 0.1) is 5.82 Å². The zero-order valence-electron chi connectivity index (χ0n) is 12.7. The quantitative estimate of drug-likeness (QED) is 0.866. The number of benzene rings is 1. The van der Waals surface area contributed by atoms with Crippen molar-refractivity contribution in [3.05, 3.63) is 35.2 Å². The third-order valence-electron chi connectivity index (χ3n) is 3.80. The fraction of sp³-hybridized carbons (Fsp3) is 0.333. The van der Waals surface area contributed by atoms with E-state index in [1.54, 1.807) is 12.1 Å². The third kappa shape index (κ3) is 3.39. The highest BCUT2D eigenvalue weighted by Crippen LogP contribution is 2.25. The van der Waals surface area contributed by atoms with Gasteiger partial charge in [0.1, 0.15) is 11.0 Å². The van der Waals surface area contributed by atoms with Crippen molar-refractivity contribution in [3.8, 4) is 5.75 Å². The summed E-state index contributed by atoms with van der Waals surface area (Å²) in [7, 11) is 1.45. The van der Waals surface area contributed by atoms with Crippen molar-refractivity contribution >= 4 is 29.1 Å². The number of piperazine rings is 1. The summed E-state index contributed by atoms with van der Waals surface area (Å²) in [6.07, 6.45) is 0. The molecule has 0 radical (unpaired) electrons. The average Bonchev–Trinajstić information content (AvgIpc) is 2.54. The number of nitrogens with zero attached hydrogens (tertiary/aromatic N) is 4. The lowest BCUT2D eigenvalue weighted by atomic mass is 10.2. The van der Waals surface area contributed by atoms with E-state index in [9.17, 15) is 4.39 Å². The molecule has 2 aromatic rings. The molecule has 2 N–H and O–H groups in total. The Kier molecular flexibility index (Phi) is 4.38. The van der Waals surface area contributed by atoms with Crippen molar-refractivity contribution < 1.29 is 9.13 Å². The molecule has 1 aromatic carbocycles. The molecule has 0 amide bonds. The van der Waals surface area contributed by atoms with Gasteiger partial charge in [0.15, 0.2) is 11.6 Å². The van der Waals surface area contributed by atoms with Gasteiger partial charge in [0.25, 0.3) is 0 Å². The Hall–Kier alpha value is -2.28. The van der Waals surface area contributed by atoms with Crippen LogP contribution >= 0.6 is 11.6 Å². The summed E-state index contributed by atoms with van der Waals surface area (Å²) in [4.78, 5) is 12.3. The minimum atomic E-state index is -0.359. The summed E-state index contributed by atoms with van der Waals surface area (Å²) < 4.78 is 18.8. The largest absolute Gasteiger partial charge is 0.494 e. The monoisotopic (exact) mass is 337 g/mol. The summed E-state index contributed by atoms with van der Waals surface area (Å²) in [5.41, 5.74) is 6.47. The molecule has 2 heterocycles. The Morgan fingerprint density at radius 2 is 1.83 bits per heavy atom. The van der Waals surface area contributed by atoms with Crippen LogP contribution in [0.15, 0.2) is 24.3 Å². The van der Waals surface area contributed by atoms with Crippen LogP contribution in [-0.2, 0) is 0 Å². The molecule has 1 saturated heterocycles. The predicted octanol–water partition coefficient (Wildman–Crippen LogP) is 2.19. The second-order valence-electron chi connectivity index (χ2n) is 5.20. The molecule has 3 rings (SSSR count). The van der Waals surface area contributed by atoms with Gasteiger partial charge >= 0.3 is 0 Å². The van der Waals surface area contributed by atoms with Crippen molar-refractivity contribution in [2.75, 3.05) is 48.8 Å². The molecule has 0 saturated carbocycles. The van der Waals surface area contributed by atoms with Crippen molar-refractivity contribution in [2.24, 2.45) is 0 Å². The predicted molar refractivity (Wildman–Crippen MR) is 88.8 cm³/mol. The van der Waals surface area contributed by atoms with Gasteiger partial charge in [-0.1, -0.05) is 11.6 Å².